The van der Waals surface area contributed by atoms with Crippen molar-refractivity contribution in [1.29, 1.82) is 0 Å². The van der Waals surface area contributed by atoms with Crippen LogP contribution in [0.5, 0.6) is 5.75 Å². The molecule has 0 unspecified atom stereocenters. The highest BCUT2D eigenvalue weighted by atomic mass is 16.5. The van der Waals surface area contributed by atoms with E-state index in [1.807, 2.05) is 6.07 Å². The summed E-state index contributed by atoms with van der Waals surface area (Å²) in [4.78, 5) is 23.9. The molecule has 4 heteroatoms. The Balaban J connectivity index is 2.04. The Morgan fingerprint density at radius 3 is 2.14 bits per heavy atom. The Morgan fingerprint density at radius 1 is 0.909 bits per heavy atom. The summed E-state index contributed by atoms with van der Waals surface area (Å²) in [6, 6.07) is 15.3. The van der Waals surface area contributed by atoms with Crippen LogP contribution in [0.2, 0.25) is 0 Å². The van der Waals surface area contributed by atoms with Crippen LogP contribution in [0.25, 0.3) is 0 Å². The molecule has 0 spiro atoms. The first-order valence-electron chi connectivity index (χ1n) is 6.74. The molecule has 0 aliphatic carbocycles. The average Bonchev–Trinajstić information content (AvgIpc) is 2.55. The summed E-state index contributed by atoms with van der Waals surface area (Å²) in [5.74, 6) is 0.177. The zero-order chi connectivity index (χ0) is 15.9. The lowest BCUT2D eigenvalue weighted by molar-refractivity contribution is 0.0625. The third-order valence-electron chi connectivity index (χ3n) is 2.97. The van der Waals surface area contributed by atoms with E-state index in [-0.39, 0.29) is 11.5 Å². The second-order valence-corrected chi connectivity index (χ2v) is 4.60. The van der Waals surface area contributed by atoms with Crippen molar-refractivity contribution in [2.75, 3.05) is 7.11 Å². The lowest BCUT2D eigenvalue weighted by Gasteiger charge is -2.05. The van der Waals surface area contributed by atoms with E-state index < -0.39 is 5.97 Å². The molecule has 4 nitrogen and oxygen atoms in total. The van der Waals surface area contributed by atoms with Crippen molar-refractivity contribution in [3.63, 3.8) is 0 Å². The van der Waals surface area contributed by atoms with Gasteiger partial charge in [0.2, 0.25) is 0 Å². The number of methoxy groups -OCH3 is 1. The monoisotopic (exact) mass is 296 g/mol. The Labute approximate surface area is 129 Å². The first-order chi connectivity index (χ1) is 10.6. The molecule has 2 rings (SSSR count). The third kappa shape index (κ3) is 4.06. The molecule has 0 aliphatic rings. The number of allylic oxidation sites excluding steroid dienone is 2. The minimum absolute atomic E-state index is 0.208. The van der Waals surface area contributed by atoms with E-state index in [4.69, 9.17) is 9.47 Å². The van der Waals surface area contributed by atoms with Crippen LogP contribution in [0.3, 0.4) is 0 Å². The highest BCUT2D eigenvalue weighted by Crippen LogP contribution is 2.13. The molecule has 0 heterocycles. The lowest BCUT2D eigenvalue weighted by Crippen LogP contribution is -2.05. The minimum Gasteiger partial charge on any atom is -0.497 e. The topological polar surface area (TPSA) is 52.6 Å². The van der Waals surface area contributed by atoms with E-state index >= 15 is 0 Å². The van der Waals surface area contributed by atoms with Crippen molar-refractivity contribution in [1.82, 2.24) is 0 Å². The van der Waals surface area contributed by atoms with E-state index in [1.54, 1.807) is 62.6 Å². The van der Waals surface area contributed by atoms with E-state index in [0.717, 1.165) is 0 Å². The smallest absolute Gasteiger partial charge is 0.343 e. The van der Waals surface area contributed by atoms with Crippen LogP contribution in [-0.2, 0) is 4.74 Å². The number of hydrogen-bond donors (Lipinski definition) is 0. The van der Waals surface area contributed by atoms with Gasteiger partial charge in [0.05, 0.1) is 12.7 Å². The zero-order valence-corrected chi connectivity index (χ0v) is 12.4. The molecule has 0 atom stereocenters. The van der Waals surface area contributed by atoms with Gasteiger partial charge < -0.3 is 9.47 Å². The number of esters is 1. The molecule has 2 aromatic carbocycles. The van der Waals surface area contributed by atoms with Gasteiger partial charge in [-0.05, 0) is 31.2 Å². The van der Waals surface area contributed by atoms with Crippen LogP contribution in [-0.4, -0.2) is 18.9 Å². The van der Waals surface area contributed by atoms with Crippen LogP contribution < -0.4 is 4.74 Å². The molecular weight excluding hydrogens is 280 g/mol. The molecule has 0 radical (unpaired) electrons. The van der Waals surface area contributed by atoms with Gasteiger partial charge in [-0.15, -0.1) is 0 Å². The fourth-order valence-corrected chi connectivity index (χ4v) is 1.83. The summed E-state index contributed by atoms with van der Waals surface area (Å²) in [5, 5.41) is 0. The number of benzene rings is 2. The van der Waals surface area contributed by atoms with Crippen molar-refractivity contribution in [2.24, 2.45) is 0 Å². The standard InChI is InChI=1S/C18H16O4/c1-13(12-17(19)14-6-4-3-5-7-14)22-18(20)15-8-10-16(21-2)11-9-15/h3-12H,1-2H3. The maximum Gasteiger partial charge on any atom is 0.343 e. The van der Waals surface area contributed by atoms with Gasteiger partial charge in [-0.2, -0.15) is 0 Å². The Bertz CT molecular complexity index is 685. The predicted molar refractivity (Wildman–Crippen MR) is 82.9 cm³/mol. The predicted octanol–water partition coefficient (Wildman–Crippen LogP) is 3.64. The SMILES string of the molecule is COc1ccc(C(=O)OC(C)=CC(=O)c2ccccc2)cc1. The normalized spacial score (nSPS) is 10.9. The Kier molecular flexibility index (Phi) is 5.09. The number of hydrogen-bond acceptors (Lipinski definition) is 4. The number of ether oxygens (including phenoxy) is 2. The number of carbonyl (C=O) groups excluding carboxylic acids is 2. The second-order valence-electron chi connectivity index (χ2n) is 4.60. The molecule has 0 bridgehead atoms. The van der Waals surface area contributed by atoms with E-state index in [9.17, 15) is 9.59 Å². The fourth-order valence-electron chi connectivity index (χ4n) is 1.83. The van der Waals surface area contributed by atoms with Crippen LogP contribution in [0.4, 0.5) is 0 Å². The van der Waals surface area contributed by atoms with Gasteiger partial charge in [0.15, 0.2) is 5.78 Å². The molecule has 0 saturated carbocycles. The number of ketones is 1. The maximum absolute atomic E-state index is 12.0. The molecular formula is C18H16O4. The van der Waals surface area contributed by atoms with Crippen molar-refractivity contribution in [3.05, 3.63) is 77.6 Å². The number of carbonyl (C=O) groups is 2. The van der Waals surface area contributed by atoms with Crippen molar-refractivity contribution >= 4 is 11.8 Å². The van der Waals surface area contributed by atoms with E-state index in [1.165, 1.54) is 6.08 Å². The minimum atomic E-state index is -0.516. The molecule has 0 amide bonds. The first kappa shape index (κ1) is 15.5. The van der Waals surface area contributed by atoms with Crippen molar-refractivity contribution in [2.45, 2.75) is 6.92 Å². The molecule has 2 aromatic rings. The van der Waals surface area contributed by atoms with E-state index in [0.29, 0.717) is 16.9 Å². The first-order valence-corrected chi connectivity index (χ1v) is 6.74. The highest BCUT2D eigenvalue weighted by Gasteiger charge is 2.10. The van der Waals surface area contributed by atoms with Crippen LogP contribution in [0, 0.1) is 0 Å². The molecule has 0 saturated heterocycles. The largest absolute Gasteiger partial charge is 0.497 e. The third-order valence-corrected chi connectivity index (χ3v) is 2.97. The summed E-state index contributed by atoms with van der Waals surface area (Å²) in [5.41, 5.74) is 0.933. The molecule has 0 N–H and O–H groups in total. The van der Waals surface area contributed by atoms with Gasteiger partial charge in [-0.3, -0.25) is 4.79 Å². The summed E-state index contributed by atoms with van der Waals surface area (Å²) in [7, 11) is 1.55. The van der Waals surface area contributed by atoms with Gasteiger partial charge in [-0.25, -0.2) is 4.79 Å². The summed E-state index contributed by atoms with van der Waals surface area (Å²) in [6.45, 7) is 1.57. The van der Waals surface area contributed by atoms with Gasteiger partial charge in [0.1, 0.15) is 11.5 Å². The zero-order valence-electron chi connectivity index (χ0n) is 12.4. The fraction of sp³-hybridized carbons (Fsp3) is 0.111. The summed E-state index contributed by atoms with van der Waals surface area (Å²) in [6.07, 6.45) is 1.30. The lowest BCUT2D eigenvalue weighted by atomic mass is 10.1. The second kappa shape index (κ2) is 7.22. The van der Waals surface area contributed by atoms with Crippen LogP contribution in [0.1, 0.15) is 27.6 Å². The van der Waals surface area contributed by atoms with Crippen molar-refractivity contribution in [3.8, 4) is 5.75 Å². The molecule has 0 fully saturated rings. The highest BCUT2D eigenvalue weighted by molar-refractivity contribution is 6.05. The molecule has 112 valence electrons. The van der Waals surface area contributed by atoms with Crippen LogP contribution in [0.15, 0.2) is 66.4 Å². The van der Waals surface area contributed by atoms with Gasteiger partial charge in [-0.1, -0.05) is 30.3 Å². The van der Waals surface area contributed by atoms with Gasteiger partial charge >= 0.3 is 5.97 Å². The molecule has 0 aliphatic heterocycles. The van der Waals surface area contributed by atoms with E-state index in [2.05, 4.69) is 0 Å². The average molecular weight is 296 g/mol. The Hall–Kier alpha value is -2.88. The maximum atomic E-state index is 12.0. The Morgan fingerprint density at radius 2 is 1.55 bits per heavy atom. The molecule has 22 heavy (non-hydrogen) atoms. The summed E-state index contributed by atoms with van der Waals surface area (Å²) >= 11 is 0. The van der Waals surface area contributed by atoms with Gasteiger partial charge in [0.25, 0.3) is 0 Å². The molecule has 0 aromatic heterocycles. The quantitative estimate of drug-likeness (QED) is 0.366. The van der Waals surface area contributed by atoms with Crippen molar-refractivity contribution < 1.29 is 19.1 Å². The summed E-state index contributed by atoms with van der Waals surface area (Å²) < 4.78 is 10.2. The van der Waals surface area contributed by atoms with Gasteiger partial charge in [0, 0.05) is 11.6 Å². The number of rotatable bonds is 5. The van der Waals surface area contributed by atoms with Crippen LogP contribution >= 0.6 is 0 Å².